The summed E-state index contributed by atoms with van der Waals surface area (Å²) in [5, 5.41) is 16.4. The molecule has 0 unspecified atom stereocenters. The maximum atomic E-state index is 12.2. The second kappa shape index (κ2) is 7.73. The van der Waals surface area contributed by atoms with Crippen LogP contribution in [0.4, 0.5) is 10.5 Å². The molecule has 1 fully saturated rings. The van der Waals surface area contributed by atoms with Crippen LogP contribution in [0.25, 0.3) is 4.96 Å². The van der Waals surface area contributed by atoms with Crippen molar-refractivity contribution in [3.8, 4) is 0 Å². The number of hydrogen-bond acceptors (Lipinski definition) is 6. The number of carbonyl (C=O) groups is 1. The number of carbonyl (C=O) groups excluding carboxylic acids is 1. The molecule has 130 valence electrons. The van der Waals surface area contributed by atoms with Crippen LogP contribution in [0, 0.1) is 0 Å². The zero-order valence-corrected chi connectivity index (χ0v) is 14.1. The summed E-state index contributed by atoms with van der Waals surface area (Å²) in [6, 6.07) is -0.250. The van der Waals surface area contributed by atoms with E-state index in [1.54, 1.807) is 11.6 Å². The largest absolute Gasteiger partial charge is 0.395 e. The van der Waals surface area contributed by atoms with Gasteiger partial charge in [-0.1, -0.05) is 6.42 Å². The Kier molecular flexibility index (Phi) is 5.44. The van der Waals surface area contributed by atoms with E-state index >= 15 is 0 Å². The molecule has 2 amide bonds. The van der Waals surface area contributed by atoms with Crippen molar-refractivity contribution in [3.05, 3.63) is 28.1 Å². The van der Waals surface area contributed by atoms with E-state index in [-0.39, 0.29) is 23.9 Å². The predicted octanol–water partition coefficient (Wildman–Crippen LogP) is 0.724. The number of hydrogen-bond donors (Lipinski definition) is 3. The molecule has 0 spiro atoms. The van der Waals surface area contributed by atoms with Crippen LogP contribution >= 0.6 is 11.3 Å². The number of rotatable bonds is 5. The van der Waals surface area contributed by atoms with Gasteiger partial charge < -0.3 is 15.7 Å². The normalized spacial score (nSPS) is 18.6. The molecule has 8 nitrogen and oxygen atoms in total. The molecular weight excluding hydrogens is 330 g/mol. The Balaban J connectivity index is 1.51. The Hall–Kier alpha value is -1.97. The van der Waals surface area contributed by atoms with Gasteiger partial charge in [0.15, 0.2) is 4.96 Å². The summed E-state index contributed by atoms with van der Waals surface area (Å²) in [7, 11) is 0. The smallest absolute Gasteiger partial charge is 0.319 e. The lowest BCUT2D eigenvalue weighted by Crippen LogP contribution is -2.46. The van der Waals surface area contributed by atoms with E-state index in [1.807, 2.05) is 0 Å². The zero-order chi connectivity index (χ0) is 16.9. The lowest BCUT2D eigenvalue weighted by Gasteiger charge is -2.34. The SMILES string of the molecule is O=C(NCCN1CCCC[C@H]1CO)Nc1cnc2sccn2c1=O. The summed E-state index contributed by atoms with van der Waals surface area (Å²) < 4.78 is 1.40. The first-order valence-corrected chi connectivity index (χ1v) is 8.91. The average molecular weight is 351 g/mol. The van der Waals surface area contributed by atoms with Gasteiger partial charge in [0, 0.05) is 30.7 Å². The molecule has 0 bridgehead atoms. The summed E-state index contributed by atoms with van der Waals surface area (Å²) in [4.78, 5) is 31.1. The van der Waals surface area contributed by atoms with Crippen LogP contribution in [0.1, 0.15) is 19.3 Å². The summed E-state index contributed by atoms with van der Waals surface area (Å²) in [5.74, 6) is 0. The highest BCUT2D eigenvalue weighted by atomic mass is 32.1. The number of amides is 2. The maximum Gasteiger partial charge on any atom is 0.319 e. The van der Waals surface area contributed by atoms with Gasteiger partial charge in [-0.3, -0.25) is 14.1 Å². The van der Waals surface area contributed by atoms with Gasteiger partial charge in [0.2, 0.25) is 0 Å². The minimum atomic E-state index is -0.429. The first-order valence-electron chi connectivity index (χ1n) is 8.03. The second-order valence-electron chi connectivity index (χ2n) is 5.78. The van der Waals surface area contributed by atoms with Crippen molar-refractivity contribution in [2.45, 2.75) is 25.3 Å². The summed E-state index contributed by atoms with van der Waals surface area (Å²) in [6.45, 7) is 2.22. The number of nitrogens with zero attached hydrogens (tertiary/aromatic N) is 3. The highest BCUT2D eigenvalue weighted by Gasteiger charge is 2.21. The third kappa shape index (κ3) is 3.74. The molecule has 0 radical (unpaired) electrons. The molecule has 0 aromatic carbocycles. The second-order valence-corrected chi connectivity index (χ2v) is 6.65. The molecule has 0 aliphatic carbocycles. The van der Waals surface area contributed by atoms with E-state index < -0.39 is 6.03 Å². The third-order valence-electron chi connectivity index (χ3n) is 4.24. The van der Waals surface area contributed by atoms with Crippen molar-refractivity contribution in [2.24, 2.45) is 0 Å². The number of fused-ring (bicyclic) bond motifs is 1. The van der Waals surface area contributed by atoms with Crippen molar-refractivity contribution in [3.63, 3.8) is 0 Å². The molecule has 1 aliphatic heterocycles. The average Bonchev–Trinajstić information content (AvgIpc) is 3.07. The number of aliphatic hydroxyl groups is 1. The first kappa shape index (κ1) is 16.9. The summed E-state index contributed by atoms with van der Waals surface area (Å²) in [6.07, 6.45) is 6.25. The van der Waals surface area contributed by atoms with Crippen molar-refractivity contribution in [2.75, 3.05) is 31.6 Å². The molecule has 3 heterocycles. The Morgan fingerprint density at radius 3 is 3.17 bits per heavy atom. The van der Waals surface area contributed by atoms with Gasteiger partial charge in [0.25, 0.3) is 5.56 Å². The summed E-state index contributed by atoms with van der Waals surface area (Å²) in [5.41, 5.74) is -0.151. The lowest BCUT2D eigenvalue weighted by molar-refractivity contribution is 0.0917. The van der Waals surface area contributed by atoms with E-state index in [0.29, 0.717) is 18.1 Å². The maximum absolute atomic E-state index is 12.2. The van der Waals surface area contributed by atoms with Gasteiger partial charge in [-0.05, 0) is 19.4 Å². The summed E-state index contributed by atoms with van der Waals surface area (Å²) >= 11 is 1.36. The van der Waals surface area contributed by atoms with Crippen molar-refractivity contribution >= 4 is 28.0 Å². The molecule has 1 saturated heterocycles. The van der Waals surface area contributed by atoms with Crippen LogP contribution < -0.4 is 16.2 Å². The Morgan fingerprint density at radius 2 is 2.33 bits per heavy atom. The van der Waals surface area contributed by atoms with Gasteiger partial charge in [0.1, 0.15) is 5.69 Å². The standard InChI is InChI=1S/C15H21N5O3S/c21-10-11-3-1-2-5-19(11)6-4-16-14(23)18-12-9-17-15-20(13(12)22)7-8-24-15/h7-9,11,21H,1-6,10H2,(H2,16,18,23)/t11-/m0/s1. The van der Waals surface area contributed by atoms with E-state index in [0.717, 1.165) is 25.8 Å². The van der Waals surface area contributed by atoms with Crippen LogP contribution in [-0.4, -0.2) is 57.7 Å². The van der Waals surface area contributed by atoms with Gasteiger partial charge >= 0.3 is 6.03 Å². The first-order chi connectivity index (χ1) is 11.7. The molecule has 9 heteroatoms. The van der Waals surface area contributed by atoms with E-state index in [9.17, 15) is 14.7 Å². The number of piperidine rings is 1. The van der Waals surface area contributed by atoms with E-state index in [2.05, 4.69) is 20.5 Å². The Labute approximate surface area is 143 Å². The number of anilines is 1. The van der Waals surface area contributed by atoms with E-state index in [4.69, 9.17) is 0 Å². The molecule has 0 saturated carbocycles. The fourth-order valence-electron chi connectivity index (χ4n) is 2.95. The third-order valence-corrected chi connectivity index (χ3v) is 5.01. The number of likely N-dealkylation sites (tertiary alicyclic amines) is 1. The van der Waals surface area contributed by atoms with Crippen molar-refractivity contribution in [1.82, 2.24) is 19.6 Å². The highest BCUT2D eigenvalue weighted by molar-refractivity contribution is 7.15. The van der Waals surface area contributed by atoms with Gasteiger partial charge in [0.05, 0.1) is 12.8 Å². The molecule has 24 heavy (non-hydrogen) atoms. The van der Waals surface area contributed by atoms with Gasteiger partial charge in [-0.25, -0.2) is 9.78 Å². The molecule has 2 aromatic heterocycles. The molecule has 1 aliphatic rings. The van der Waals surface area contributed by atoms with Gasteiger partial charge in [-0.2, -0.15) is 0 Å². The van der Waals surface area contributed by atoms with Crippen LogP contribution in [0.3, 0.4) is 0 Å². The quantitative estimate of drug-likeness (QED) is 0.737. The topological polar surface area (TPSA) is 99.0 Å². The number of urea groups is 1. The fourth-order valence-corrected chi connectivity index (χ4v) is 3.63. The van der Waals surface area contributed by atoms with Crippen molar-refractivity contribution < 1.29 is 9.90 Å². The van der Waals surface area contributed by atoms with Crippen LogP contribution in [0.5, 0.6) is 0 Å². The Bertz CT molecular complexity index is 759. The number of aromatic nitrogens is 2. The minimum Gasteiger partial charge on any atom is -0.395 e. The Morgan fingerprint density at radius 1 is 1.46 bits per heavy atom. The van der Waals surface area contributed by atoms with Crippen LogP contribution in [0.2, 0.25) is 0 Å². The van der Waals surface area contributed by atoms with Gasteiger partial charge in [-0.15, -0.1) is 11.3 Å². The molecule has 3 N–H and O–H groups in total. The molecule has 1 atom stereocenters. The lowest BCUT2D eigenvalue weighted by atomic mass is 10.0. The fraction of sp³-hybridized carbons (Fsp3) is 0.533. The number of aliphatic hydroxyl groups excluding tert-OH is 1. The molecule has 3 rings (SSSR count). The highest BCUT2D eigenvalue weighted by Crippen LogP contribution is 2.15. The van der Waals surface area contributed by atoms with Crippen LogP contribution in [0.15, 0.2) is 22.6 Å². The molecule has 2 aromatic rings. The zero-order valence-electron chi connectivity index (χ0n) is 13.3. The van der Waals surface area contributed by atoms with Crippen LogP contribution in [-0.2, 0) is 0 Å². The monoisotopic (exact) mass is 351 g/mol. The number of nitrogens with one attached hydrogen (secondary N) is 2. The number of thiazole rings is 1. The minimum absolute atomic E-state index is 0.148. The predicted molar refractivity (Wildman–Crippen MR) is 92.7 cm³/mol. The van der Waals surface area contributed by atoms with Crippen molar-refractivity contribution in [1.29, 1.82) is 0 Å². The molecular formula is C15H21N5O3S. The van der Waals surface area contributed by atoms with E-state index in [1.165, 1.54) is 21.9 Å².